The standard InChI is InChI=1S/C25H28ClNO4/c1-2-31-24(30)25(18-19-8-10-21(26)11-9-19)14-16-27(17-15-25)23(29)13-12-22(28)20-6-4-3-5-7-20/h3-11H,2,12-18H2,1H3. The van der Waals surface area contributed by atoms with Gasteiger partial charge in [-0.25, -0.2) is 0 Å². The van der Waals surface area contributed by atoms with Crippen molar-refractivity contribution in [1.29, 1.82) is 0 Å². The van der Waals surface area contributed by atoms with Crippen molar-refractivity contribution in [3.63, 3.8) is 0 Å². The number of piperidine rings is 1. The van der Waals surface area contributed by atoms with Crippen LogP contribution in [0.25, 0.3) is 0 Å². The molecule has 0 atom stereocenters. The summed E-state index contributed by atoms with van der Waals surface area (Å²) in [7, 11) is 0. The molecule has 0 N–H and O–H groups in total. The maximum Gasteiger partial charge on any atom is 0.312 e. The van der Waals surface area contributed by atoms with E-state index in [0.29, 0.717) is 49.5 Å². The van der Waals surface area contributed by atoms with Crippen molar-refractivity contribution in [2.75, 3.05) is 19.7 Å². The number of rotatable bonds is 8. The summed E-state index contributed by atoms with van der Waals surface area (Å²) in [6, 6.07) is 16.5. The van der Waals surface area contributed by atoms with Crippen molar-refractivity contribution in [2.45, 2.75) is 39.0 Å². The molecule has 164 valence electrons. The lowest BCUT2D eigenvalue weighted by molar-refractivity contribution is -0.160. The number of halogens is 1. The van der Waals surface area contributed by atoms with Crippen molar-refractivity contribution >= 4 is 29.3 Å². The van der Waals surface area contributed by atoms with Gasteiger partial charge in [0.15, 0.2) is 5.78 Å². The van der Waals surface area contributed by atoms with Crippen molar-refractivity contribution in [2.24, 2.45) is 5.41 Å². The molecule has 1 heterocycles. The summed E-state index contributed by atoms with van der Waals surface area (Å²) in [6.07, 6.45) is 1.99. The lowest BCUT2D eigenvalue weighted by Gasteiger charge is -2.40. The Morgan fingerprint density at radius 1 is 0.968 bits per heavy atom. The van der Waals surface area contributed by atoms with Crippen molar-refractivity contribution in [1.82, 2.24) is 4.90 Å². The molecule has 1 aliphatic heterocycles. The van der Waals surface area contributed by atoms with E-state index in [1.165, 1.54) is 0 Å². The number of nitrogens with zero attached hydrogens (tertiary/aromatic N) is 1. The molecule has 3 rings (SSSR count). The number of ketones is 1. The molecule has 1 aliphatic rings. The summed E-state index contributed by atoms with van der Waals surface area (Å²) in [5, 5.41) is 0.652. The molecular formula is C25H28ClNO4. The minimum Gasteiger partial charge on any atom is -0.466 e. The Labute approximate surface area is 188 Å². The molecule has 31 heavy (non-hydrogen) atoms. The second kappa shape index (κ2) is 10.6. The fourth-order valence-electron chi connectivity index (χ4n) is 4.06. The molecule has 1 fully saturated rings. The monoisotopic (exact) mass is 441 g/mol. The highest BCUT2D eigenvalue weighted by Gasteiger charge is 2.43. The first-order valence-corrected chi connectivity index (χ1v) is 11.1. The zero-order chi connectivity index (χ0) is 22.3. The molecule has 0 radical (unpaired) electrons. The van der Waals surface area contributed by atoms with Gasteiger partial charge in [-0.2, -0.15) is 0 Å². The quantitative estimate of drug-likeness (QED) is 0.439. The number of Topliss-reactive ketones (excluding diaryl/α,β-unsaturated/α-hetero) is 1. The summed E-state index contributed by atoms with van der Waals surface area (Å²) in [5.74, 6) is -0.292. The van der Waals surface area contributed by atoms with E-state index in [1.54, 1.807) is 24.0 Å². The Hall–Kier alpha value is -2.66. The molecule has 0 bridgehead atoms. The van der Waals surface area contributed by atoms with Crippen LogP contribution < -0.4 is 0 Å². The first-order valence-electron chi connectivity index (χ1n) is 10.7. The first-order chi connectivity index (χ1) is 14.9. The Bertz CT molecular complexity index is 903. The predicted octanol–water partition coefficient (Wildman–Crippen LogP) is 4.72. The Morgan fingerprint density at radius 3 is 2.23 bits per heavy atom. The van der Waals surface area contributed by atoms with E-state index in [4.69, 9.17) is 16.3 Å². The van der Waals surface area contributed by atoms with Crippen LogP contribution in [0.4, 0.5) is 0 Å². The number of benzene rings is 2. The lowest BCUT2D eigenvalue weighted by atomic mass is 9.73. The van der Waals surface area contributed by atoms with Crippen LogP contribution in [0.1, 0.15) is 48.5 Å². The average Bonchev–Trinajstić information content (AvgIpc) is 2.80. The maximum atomic E-state index is 12.8. The summed E-state index contributed by atoms with van der Waals surface area (Å²) in [5.41, 5.74) is 0.990. The molecule has 6 heteroatoms. The SMILES string of the molecule is CCOC(=O)C1(Cc2ccc(Cl)cc2)CCN(C(=O)CCC(=O)c2ccccc2)CC1. The number of likely N-dealkylation sites (tertiary alicyclic amines) is 1. The van der Waals surface area contributed by atoms with Crippen LogP contribution in [-0.4, -0.2) is 42.3 Å². The van der Waals surface area contributed by atoms with Crippen molar-refractivity contribution in [3.05, 3.63) is 70.7 Å². The smallest absolute Gasteiger partial charge is 0.312 e. The lowest BCUT2D eigenvalue weighted by Crippen LogP contribution is -2.48. The second-order valence-electron chi connectivity index (χ2n) is 7.97. The Balaban J connectivity index is 1.60. The van der Waals surface area contributed by atoms with E-state index in [9.17, 15) is 14.4 Å². The fraction of sp³-hybridized carbons (Fsp3) is 0.400. The largest absolute Gasteiger partial charge is 0.466 e. The molecule has 1 amide bonds. The maximum absolute atomic E-state index is 12.8. The fourth-order valence-corrected chi connectivity index (χ4v) is 4.19. The third-order valence-corrected chi connectivity index (χ3v) is 6.15. The van der Waals surface area contributed by atoms with Crippen LogP contribution in [-0.2, 0) is 20.7 Å². The van der Waals surface area contributed by atoms with E-state index in [2.05, 4.69) is 0 Å². The molecule has 2 aromatic carbocycles. The van der Waals surface area contributed by atoms with Crippen LogP contribution in [0.2, 0.25) is 5.02 Å². The van der Waals surface area contributed by atoms with Gasteiger partial charge in [0.05, 0.1) is 12.0 Å². The summed E-state index contributed by atoms with van der Waals surface area (Å²) >= 11 is 5.99. The minimum absolute atomic E-state index is 0.0328. The Kier molecular flexibility index (Phi) is 7.85. The van der Waals surface area contributed by atoms with Crippen LogP contribution in [0.3, 0.4) is 0 Å². The van der Waals surface area contributed by atoms with E-state index in [1.807, 2.05) is 42.5 Å². The van der Waals surface area contributed by atoms with Crippen molar-refractivity contribution < 1.29 is 19.1 Å². The number of amides is 1. The van der Waals surface area contributed by atoms with Gasteiger partial charge >= 0.3 is 5.97 Å². The molecule has 0 aliphatic carbocycles. The molecular weight excluding hydrogens is 414 g/mol. The topological polar surface area (TPSA) is 63.7 Å². The van der Waals surface area contributed by atoms with Crippen molar-refractivity contribution in [3.8, 4) is 0 Å². The second-order valence-corrected chi connectivity index (χ2v) is 8.41. The van der Waals surface area contributed by atoms with E-state index in [0.717, 1.165) is 5.56 Å². The number of ether oxygens (including phenoxy) is 1. The van der Waals surface area contributed by atoms with Crippen LogP contribution in [0.15, 0.2) is 54.6 Å². The van der Waals surface area contributed by atoms with Gasteiger partial charge in [0.2, 0.25) is 5.91 Å². The third-order valence-electron chi connectivity index (χ3n) is 5.90. The van der Waals surface area contributed by atoms with Gasteiger partial charge in [0, 0.05) is 36.5 Å². The number of hydrogen-bond acceptors (Lipinski definition) is 4. The summed E-state index contributed by atoms with van der Waals surface area (Å²) in [6.45, 7) is 3.08. The predicted molar refractivity (Wildman–Crippen MR) is 120 cm³/mol. The third kappa shape index (κ3) is 5.95. The zero-order valence-corrected chi connectivity index (χ0v) is 18.6. The van der Waals surface area contributed by atoms with Gasteiger partial charge < -0.3 is 9.64 Å². The van der Waals surface area contributed by atoms with Gasteiger partial charge in [0.25, 0.3) is 0 Å². The Morgan fingerprint density at radius 2 is 1.61 bits per heavy atom. The normalized spacial score (nSPS) is 15.4. The van der Waals surface area contributed by atoms with E-state index < -0.39 is 5.41 Å². The highest BCUT2D eigenvalue weighted by molar-refractivity contribution is 6.30. The summed E-state index contributed by atoms with van der Waals surface area (Å²) < 4.78 is 5.39. The van der Waals surface area contributed by atoms with Gasteiger partial charge in [-0.05, 0) is 43.9 Å². The van der Waals surface area contributed by atoms with Crippen LogP contribution in [0, 0.1) is 5.41 Å². The molecule has 5 nitrogen and oxygen atoms in total. The van der Waals surface area contributed by atoms with Gasteiger partial charge in [-0.1, -0.05) is 54.1 Å². The van der Waals surface area contributed by atoms with Gasteiger partial charge in [-0.15, -0.1) is 0 Å². The van der Waals surface area contributed by atoms with E-state index in [-0.39, 0.29) is 30.5 Å². The molecule has 0 aromatic heterocycles. The molecule has 0 unspecified atom stereocenters. The molecule has 0 saturated carbocycles. The number of carbonyl (C=O) groups is 3. The number of hydrogen-bond donors (Lipinski definition) is 0. The number of carbonyl (C=O) groups excluding carboxylic acids is 3. The number of esters is 1. The van der Waals surface area contributed by atoms with Crippen LogP contribution in [0.5, 0.6) is 0 Å². The zero-order valence-electron chi connectivity index (χ0n) is 17.8. The molecule has 2 aromatic rings. The van der Waals surface area contributed by atoms with Crippen LogP contribution >= 0.6 is 11.6 Å². The first kappa shape index (κ1) is 23.0. The summed E-state index contributed by atoms with van der Waals surface area (Å²) in [4.78, 5) is 39.6. The minimum atomic E-state index is -0.652. The average molecular weight is 442 g/mol. The molecule has 0 spiro atoms. The van der Waals surface area contributed by atoms with Gasteiger partial charge in [-0.3, -0.25) is 14.4 Å². The highest BCUT2D eigenvalue weighted by Crippen LogP contribution is 2.37. The molecule has 1 saturated heterocycles. The van der Waals surface area contributed by atoms with E-state index >= 15 is 0 Å². The highest BCUT2D eigenvalue weighted by atomic mass is 35.5. The van der Waals surface area contributed by atoms with Gasteiger partial charge in [0.1, 0.15) is 0 Å².